The van der Waals surface area contributed by atoms with Gasteiger partial charge in [-0.2, -0.15) is 0 Å². The minimum Gasteiger partial charge on any atom is -0.465 e. The summed E-state index contributed by atoms with van der Waals surface area (Å²) in [5.74, 6) is 0.412. The molecule has 1 aliphatic rings. The smallest absolute Gasteiger partial charge is 0.324 e. The Morgan fingerprint density at radius 2 is 1.95 bits per heavy atom. The molecule has 6 heteroatoms. The van der Waals surface area contributed by atoms with Crippen molar-refractivity contribution in [2.45, 2.75) is 57.8 Å². The zero-order chi connectivity index (χ0) is 15.4. The average Bonchev–Trinajstić information content (AvgIpc) is 3.24. The molecule has 0 aromatic carbocycles. The highest BCUT2D eigenvalue weighted by Crippen LogP contribution is 2.22. The highest BCUT2D eigenvalue weighted by molar-refractivity contribution is 7.99. The second kappa shape index (κ2) is 7.22. The van der Waals surface area contributed by atoms with Crippen LogP contribution in [0.1, 0.15) is 36.7 Å². The molecule has 116 valence electrons. The Morgan fingerprint density at radius 1 is 1.33 bits per heavy atom. The van der Waals surface area contributed by atoms with Crippen LogP contribution in [0.4, 0.5) is 0 Å². The molecule has 1 atom stereocenters. The summed E-state index contributed by atoms with van der Waals surface area (Å²) in [6.45, 7) is 8.23. The predicted octanol–water partition coefficient (Wildman–Crippen LogP) is 2.18. The lowest BCUT2D eigenvalue weighted by atomic mass is 10.2. The van der Waals surface area contributed by atoms with Gasteiger partial charge in [0.1, 0.15) is 6.04 Å². The molecule has 1 unspecified atom stereocenters. The van der Waals surface area contributed by atoms with Gasteiger partial charge in [-0.1, -0.05) is 11.8 Å². The number of thioether (sulfide) groups is 1. The molecule has 0 amide bonds. The number of esters is 1. The first-order valence-electron chi connectivity index (χ1n) is 7.38. The Hall–Kier alpha value is -1.14. The van der Waals surface area contributed by atoms with Crippen LogP contribution in [0.5, 0.6) is 0 Å². The number of hydrogen-bond donors (Lipinski definition) is 1. The highest BCUT2D eigenvalue weighted by Gasteiger charge is 2.29. The summed E-state index contributed by atoms with van der Waals surface area (Å²) in [5.41, 5.74) is 3.11. The van der Waals surface area contributed by atoms with Gasteiger partial charge in [0.05, 0.1) is 6.61 Å². The van der Waals surface area contributed by atoms with E-state index in [0.717, 1.165) is 34.9 Å². The maximum Gasteiger partial charge on any atom is 0.324 e. The summed E-state index contributed by atoms with van der Waals surface area (Å²) in [6, 6.07) is 0.176. The fraction of sp³-hybridized carbons (Fsp3) is 0.667. The van der Waals surface area contributed by atoms with Crippen molar-refractivity contribution < 1.29 is 9.53 Å². The molecule has 5 nitrogen and oxygen atoms in total. The Morgan fingerprint density at radius 3 is 2.48 bits per heavy atom. The fourth-order valence-corrected chi connectivity index (χ4v) is 2.88. The molecule has 2 rings (SSSR count). The van der Waals surface area contributed by atoms with Crippen LogP contribution in [-0.4, -0.2) is 40.4 Å². The molecule has 1 aromatic heterocycles. The van der Waals surface area contributed by atoms with Gasteiger partial charge in [-0.25, -0.2) is 9.97 Å². The largest absolute Gasteiger partial charge is 0.465 e. The molecule has 21 heavy (non-hydrogen) atoms. The van der Waals surface area contributed by atoms with E-state index in [2.05, 4.69) is 15.3 Å². The third-order valence-electron chi connectivity index (χ3n) is 3.58. The number of ether oxygens (including phenoxy) is 1. The maximum atomic E-state index is 12.0. The van der Waals surface area contributed by atoms with Gasteiger partial charge >= 0.3 is 5.97 Å². The molecule has 1 aromatic rings. The zero-order valence-corrected chi connectivity index (χ0v) is 13.9. The summed E-state index contributed by atoms with van der Waals surface area (Å²) in [4.78, 5) is 20.9. The number of hydrogen-bond acceptors (Lipinski definition) is 6. The first kappa shape index (κ1) is 16.2. The van der Waals surface area contributed by atoms with E-state index in [9.17, 15) is 4.79 Å². The fourth-order valence-electron chi connectivity index (χ4n) is 1.93. The van der Waals surface area contributed by atoms with Crippen molar-refractivity contribution in [1.29, 1.82) is 0 Å². The molecule has 1 heterocycles. The van der Waals surface area contributed by atoms with Crippen LogP contribution in [0.2, 0.25) is 0 Å². The van der Waals surface area contributed by atoms with Crippen molar-refractivity contribution in [3.8, 4) is 0 Å². The van der Waals surface area contributed by atoms with Gasteiger partial charge in [0.15, 0.2) is 5.16 Å². The van der Waals surface area contributed by atoms with E-state index in [1.165, 1.54) is 11.8 Å². The van der Waals surface area contributed by atoms with Gasteiger partial charge in [0.25, 0.3) is 0 Å². The number of carbonyl (C=O) groups is 1. The zero-order valence-electron chi connectivity index (χ0n) is 13.1. The molecule has 0 bridgehead atoms. The number of aryl methyl sites for hydroxylation is 2. The third kappa shape index (κ3) is 4.68. The first-order valence-corrected chi connectivity index (χ1v) is 8.37. The quantitative estimate of drug-likeness (QED) is 0.473. The number of rotatable bonds is 7. The van der Waals surface area contributed by atoms with Crippen molar-refractivity contribution in [2.24, 2.45) is 0 Å². The van der Waals surface area contributed by atoms with E-state index in [-0.39, 0.29) is 12.0 Å². The lowest BCUT2D eigenvalue weighted by Crippen LogP contribution is -2.41. The van der Waals surface area contributed by atoms with E-state index in [1.54, 1.807) is 0 Å². The first-order chi connectivity index (χ1) is 10.0. The Labute approximate surface area is 130 Å². The van der Waals surface area contributed by atoms with Crippen molar-refractivity contribution in [3.63, 3.8) is 0 Å². The van der Waals surface area contributed by atoms with Crippen LogP contribution < -0.4 is 5.32 Å². The van der Waals surface area contributed by atoms with Gasteiger partial charge in [0, 0.05) is 23.2 Å². The minimum absolute atomic E-state index is 0.183. The summed E-state index contributed by atoms with van der Waals surface area (Å²) in [7, 11) is 0. The van der Waals surface area contributed by atoms with Gasteiger partial charge in [-0.3, -0.25) is 4.79 Å². The maximum absolute atomic E-state index is 12.0. The lowest BCUT2D eigenvalue weighted by molar-refractivity contribution is -0.145. The second-order valence-corrected chi connectivity index (χ2v) is 6.35. The van der Waals surface area contributed by atoms with Crippen LogP contribution in [0, 0.1) is 20.8 Å². The molecule has 0 aliphatic heterocycles. The summed E-state index contributed by atoms with van der Waals surface area (Å²) in [6.07, 6.45) is 2.28. The third-order valence-corrected chi connectivity index (χ3v) is 4.52. The van der Waals surface area contributed by atoms with Crippen molar-refractivity contribution in [3.05, 3.63) is 17.0 Å². The molecular weight excluding hydrogens is 286 g/mol. The standard InChI is InChI=1S/C15H23N3O2S/c1-5-20-14(19)13(18-12-6-7-12)8-21-15-16-10(3)9(2)11(4)17-15/h12-13,18H,5-8H2,1-4H3. The lowest BCUT2D eigenvalue weighted by Gasteiger charge is -2.16. The van der Waals surface area contributed by atoms with Gasteiger partial charge in [-0.05, 0) is 46.1 Å². The van der Waals surface area contributed by atoms with Crippen molar-refractivity contribution >= 4 is 17.7 Å². The monoisotopic (exact) mass is 309 g/mol. The molecule has 0 radical (unpaired) electrons. The Bertz CT molecular complexity index is 495. The van der Waals surface area contributed by atoms with E-state index < -0.39 is 0 Å². The molecule has 1 N–H and O–H groups in total. The van der Waals surface area contributed by atoms with E-state index >= 15 is 0 Å². The highest BCUT2D eigenvalue weighted by atomic mass is 32.2. The Kier molecular flexibility index (Phi) is 5.58. The number of carbonyl (C=O) groups excluding carboxylic acids is 1. The molecule has 0 spiro atoms. The minimum atomic E-state index is -0.284. The number of nitrogens with zero attached hydrogens (tertiary/aromatic N) is 2. The number of aromatic nitrogens is 2. The SMILES string of the molecule is CCOC(=O)C(CSc1nc(C)c(C)c(C)n1)NC1CC1. The van der Waals surface area contributed by atoms with Crippen LogP contribution in [0.15, 0.2) is 5.16 Å². The van der Waals surface area contributed by atoms with E-state index in [4.69, 9.17) is 4.74 Å². The average molecular weight is 309 g/mol. The van der Waals surface area contributed by atoms with E-state index in [1.807, 2.05) is 27.7 Å². The van der Waals surface area contributed by atoms with Gasteiger partial charge < -0.3 is 10.1 Å². The van der Waals surface area contributed by atoms with Crippen molar-refractivity contribution in [1.82, 2.24) is 15.3 Å². The van der Waals surface area contributed by atoms with Gasteiger partial charge in [0.2, 0.25) is 0 Å². The normalized spacial score (nSPS) is 15.8. The van der Waals surface area contributed by atoms with Gasteiger partial charge in [-0.15, -0.1) is 0 Å². The molecule has 0 saturated heterocycles. The molecule has 1 aliphatic carbocycles. The van der Waals surface area contributed by atoms with Crippen LogP contribution in [-0.2, 0) is 9.53 Å². The van der Waals surface area contributed by atoms with Crippen LogP contribution in [0.3, 0.4) is 0 Å². The number of nitrogens with one attached hydrogen (secondary N) is 1. The molecule has 1 fully saturated rings. The topological polar surface area (TPSA) is 64.1 Å². The Balaban J connectivity index is 1.98. The second-order valence-electron chi connectivity index (χ2n) is 5.36. The van der Waals surface area contributed by atoms with Crippen molar-refractivity contribution in [2.75, 3.05) is 12.4 Å². The summed E-state index contributed by atoms with van der Waals surface area (Å²) in [5, 5.41) is 4.06. The van der Waals surface area contributed by atoms with Crippen LogP contribution in [0.25, 0.3) is 0 Å². The van der Waals surface area contributed by atoms with E-state index in [0.29, 0.717) is 18.4 Å². The summed E-state index contributed by atoms with van der Waals surface area (Å²) < 4.78 is 5.13. The van der Waals surface area contributed by atoms with Crippen LogP contribution >= 0.6 is 11.8 Å². The molecular formula is C15H23N3O2S. The summed E-state index contributed by atoms with van der Waals surface area (Å²) >= 11 is 1.50. The predicted molar refractivity (Wildman–Crippen MR) is 83.5 cm³/mol. The molecule has 1 saturated carbocycles.